The Morgan fingerprint density at radius 2 is 1.69 bits per heavy atom. The molecule has 6 nitrogen and oxygen atoms in total. The van der Waals surface area contributed by atoms with Crippen LogP contribution in [0.25, 0.3) is 0 Å². The number of rotatable bonds is 10. The van der Waals surface area contributed by atoms with E-state index in [1.165, 1.54) is 0 Å². The average Bonchev–Trinajstić information content (AvgIpc) is 2.60. The van der Waals surface area contributed by atoms with Crippen LogP contribution >= 0.6 is 0 Å². The number of hydrogen-bond donors (Lipinski definition) is 3. The summed E-state index contributed by atoms with van der Waals surface area (Å²) in [6, 6.07) is 0.896. The molecule has 0 aromatic carbocycles. The zero-order valence-electron chi connectivity index (χ0n) is 16.9. The lowest BCUT2D eigenvalue weighted by Gasteiger charge is -2.32. The topological polar surface area (TPSA) is 76.4 Å². The van der Waals surface area contributed by atoms with E-state index in [0.29, 0.717) is 25.0 Å². The Morgan fingerprint density at radius 1 is 1.08 bits per heavy atom. The Morgan fingerprint density at radius 3 is 2.23 bits per heavy atom. The van der Waals surface area contributed by atoms with Crippen molar-refractivity contribution in [2.24, 2.45) is 5.92 Å². The van der Waals surface area contributed by atoms with Crippen molar-refractivity contribution in [1.82, 2.24) is 9.80 Å². The van der Waals surface area contributed by atoms with Gasteiger partial charge >= 0.3 is 0 Å². The standard InChI is InChI=1S/C20H38N2O4/c1-16(2)21-10-7-18(8-11-21)6-5-9-22(17(3)4)12-19(24)14-26-15-20(25)13-23/h16-20,23-25H,7-15H2,1-4H3. The van der Waals surface area contributed by atoms with E-state index < -0.39 is 12.2 Å². The third kappa shape index (κ3) is 9.31. The van der Waals surface area contributed by atoms with Crippen LogP contribution < -0.4 is 0 Å². The highest BCUT2D eigenvalue weighted by Crippen LogP contribution is 2.17. The van der Waals surface area contributed by atoms with Gasteiger partial charge in [0.05, 0.1) is 32.5 Å². The summed E-state index contributed by atoms with van der Waals surface area (Å²) in [6.07, 6.45) is 0.739. The molecule has 6 heteroatoms. The molecule has 1 saturated heterocycles. The average molecular weight is 371 g/mol. The molecule has 0 spiro atoms. The summed E-state index contributed by atoms with van der Waals surface area (Å²) in [5, 5.41) is 28.1. The number of aliphatic hydroxyl groups is 3. The van der Waals surface area contributed by atoms with Crippen molar-refractivity contribution in [2.75, 3.05) is 46.0 Å². The van der Waals surface area contributed by atoms with Crippen molar-refractivity contribution in [1.29, 1.82) is 0 Å². The van der Waals surface area contributed by atoms with Crippen molar-refractivity contribution in [3.8, 4) is 11.8 Å². The fourth-order valence-corrected chi connectivity index (χ4v) is 3.03. The summed E-state index contributed by atoms with van der Waals surface area (Å²) in [6.45, 7) is 11.9. The van der Waals surface area contributed by atoms with Crippen LogP contribution in [-0.4, -0.2) is 95.4 Å². The van der Waals surface area contributed by atoms with E-state index >= 15 is 0 Å². The van der Waals surface area contributed by atoms with E-state index in [9.17, 15) is 10.2 Å². The van der Waals surface area contributed by atoms with Gasteiger partial charge in [0.1, 0.15) is 6.10 Å². The largest absolute Gasteiger partial charge is 0.394 e. The first-order chi connectivity index (χ1) is 12.3. The first kappa shape index (κ1) is 23.4. The van der Waals surface area contributed by atoms with E-state index in [1.807, 2.05) is 0 Å². The normalized spacial score (nSPS) is 19.0. The molecule has 0 radical (unpaired) electrons. The van der Waals surface area contributed by atoms with E-state index in [2.05, 4.69) is 49.3 Å². The van der Waals surface area contributed by atoms with Crippen molar-refractivity contribution < 1.29 is 20.1 Å². The maximum absolute atomic E-state index is 10.1. The predicted molar refractivity (Wildman–Crippen MR) is 104 cm³/mol. The van der Waals surface area contributed by atoms with Crippen molar-refractivity contribution in [3.05, 3.63) is 0 Å². The summed E-state index contributed by atoms with van der Waals surface area (Å²) in [4.78, 5) is 4.63. The number of ether oxygens (including phenoxy) is 1. The molecule has 2 unspecified atom stereocenters. The third-order valence-electron chi connectivity index (χ3n) is 4.85. The van der Waals surface area contributed by atoms with Crippen LogP contribution in [0.2, 0.25) is 0 Å². The molecule has 152 valence electrons. The number of aliphatic hydroxyl groups excluding tert-OH is 3. The van der Waals surface area contributed by atoms with Crippen molar-refractivity contribution >= 4 is 0 Å². The minimum absolute atomic E-state index is 0.0319. The van der Waals surface area contributed by atoms with E-state index in [0.717, 1.165) is 25.9 Å². The van der Waals surface area contributed by atoms with Crippen LogP contribution in [0.4, 0.5) is 0 Å². The van der Waals surface area contributed by atoms with Crippen molar-refractivity contribution in [3.63, 3.8) is 0 Å². The number of hydrogen-bond acceptors (Lipinski definition) is 6. The van der Waals surface area contributed by atoms with Gasteiger partial charge < -0.3 is 25.0 Å². The molecule has 0 amide bonds. The third-order valence-corrected chi connectivity index (χ3v) is 4.85. The van der Waals surface area contributed by atoms with Crippen LogP contribution in [0.15, 0.2) is 0 Å². The minimum atomic E-state index is -0.892. The highest BCUT2D eigenvalue weighted by molar-refractivity contribution is 5.07. The number of nitrogens with zero attached hydrogens (tertiary/aromatic N) is 2. The van der Waals surface area contributed by atoms with E-state index in [-0.39, 0.29) is 25.9 Å². The summed E-state index contributed by atoms with van der Waals surface area (Å²) < 4.78 is 5.23. The van der Waals surface area contributed by atoms with Gasteiger partial charge in [0.25, 0.3) is 0 Å². The summed E-state index contributed by atoms with van der Waals surface area (Å²) in [7, 11) is 0. The van der Waals surface area contributed by atoms with Crippen LogP contribution in [0, 0.1) is 17.8 Å². The fourth-order valence-electron chi connectivity index (χ4n) is 3.03. The SMILES string of the molecule is CC(C)N1CCC(C#CCN(CC(O)COCC(O)CO)C(C)C)CC1. The molecule has 0 aromatic rings. The molecule has 0 saturated carbocycles. The van der Waals surface area contributed by atoms with Gasteiger partial charge in [-0.25, -0.2) is 0 Å². The molecule has 1 aliphatic rings. The van der Waals surface area contributed by atoms with E-state index in [1.54, 1.807) is 0 Å². The van der Waals surface area contributed by atoms with Crippen molar-refractivity contribution in [2.45, 2.75) is 64.8 Å². The highest BCUT2D eigenvalue weighted by Gasteiger charge is 2.19. The summed E-state index contributed by atoms with van der Waals surface area (Å²) in [5.41, 5.74) is 0. The Bertz CT molecular complexity index is 425. The lowest BCUT2D eigenvalue weighted by Crippen LogP contribution is -2.40. The zero-order valence-corrected chi connectivity index (χ0v) is 16.9. The van der Waals surface area contributed by atoms with E-state index in [4.69, 9.17) is 9.84 Å². The maximum Gasteiger partial charge on any atom is 0.100 e. The second kappa shape index (κ2) is 12.7. The minimum Gasteiger partial charge on any atom is -0.394 e. The molecule has 0 aromatic heterocycles. The van der Waals surface area contributed by atoms with Gasteiger partial charge in [0, 0.05) is 24.5 Å². The number of piperidine rings is 1. The molecule has 26 heavy (non-hydrogen) atoms. The summed E-state index contributed by atoms with van der Waals surface area (Å²) >= 11 is 0. The van der Waals surface area contributed by atoms with Crippen LogP contribution in [0.5, 0.6) is 0 Å². The molecule has 3 N–H and O–H groups in total. The van der Waals surface area contributed by atoms with Crippen LogP contribution in [0.1, 0.15) is 40.5 Å². The predicted octanol–water partition coefficient (Wildman–Crippen LogP) is 0.551. The Balaban J connectivity index is 2.35. The molecule has 1 heterocycles. The van der Waals surface area contributed by atoms with Gasteiger partial charge in [-0.1, -0.05) is 11.8 Å². The van der Waals surface area contributed by atoms with Gasteiger partial charge in [-0.2, -0.15) is 0 Å². The van der Waals surface area contributed by atoms with Gasteiger partial charge in [0.2, 0.25) is 0 Å². The first-order valence-corrected chi connectivity index (χ1v) is 9.84. The van der Waals surface area contributed by atoms with Gasteiger partial charge in [-0.05, 0) is 53.6 Å². The Kier molecular flexibility index (Phi) is 11.4. The lowest BCUT2D eigenvalue weighted by molar-refractivity contribution is -0.0323. The quantitative estimate of drug-likeness (QED) is 0.488. The molecular formula is C20H38N2O4. The first-order valence-electron chi connectivity index (χ1n) is 9.84. The zero-order chi connectivity index (χ0) is 19.5. The van der Waals surface area contributed by atoms with Gasteiger partial charge in [0.15, 0.2) is 0 Å². The fraction of sp³-hybridized carbons (Fsp3) is 0.900. The molecule has 1 fully saturated rings. The summed E-state index contributed by atoms with van der Waals surface area (Å²) in [5.74, 6) is 7.19. The smallest absolute Gasteiger partial charge is 0.100 e. The molecule has 1 rings (SSSR count). The second-order valence-electron chi connectivity index (χ2n) is 7.78. The molecule has 1 aliphatic heterocycles. The molecular weight excluding hydrogens is 332 g/mol. The monoisotopic (exact) mass is 370 g/mol. The van der Waals surface area contributed by atoms with Crippen LogP contribution in [0.3, 0.4) is 0 Å². The second-order valence-corrected chi connectivity index (χ2v) is 7.78. The highest BCUT2D eigenvalue weighted by atomic mass is 16.5. The maximum atomic E-state index is 10.1. The Hall–Kier alpha value is -0.680. The molecule has 0 bridgehead atoms. The van der Waals surface area contributed by atoms with Crippen LogP contribution in [-0.2, 0) is 4.74 Å². The van der Waals surface area contributed by atoms with Gasteiger partial charge in [-0.15, -0.1) is 0 Å². The number of likely N-dealkylation sites (tertiary alicyclic amines) is 1. The molecule has 2 atom stereocenters. The molecule has 0 aliphatic carbocycles. The van der Waals surface area contributed by atoms with Gasteiger partial charge in [-0.3, -0.25) is 4.90 Å². The lowest BCUT2D eigenvalue weighted by atomic mass is 9.96. The Labute approximate surface area is 159 Å².